The predicted octanol–water partition coefficient (Wildman–Crippen LogP) is 3.55. The molecule has 1 saturated heterocycles. The van der Waals surface area contributed by atoms with Crippen LogP contribution in [0.4, 0.5) is 28.4 Å². The molecular weight excluding hydrogens is 360 g/mol. The van der Waals surface area contributed by atoms with Gasteiger partial charge in [0.2, 0.25) is 16.0 Å². The van der Waals surface area contributed by atoms with E-state index in [4.69, 9.17) is 0 Å². The van der Waals surface area contributed by atoms with Crippen molar-refractivity contribution in [3.8, 4) is 0 Å². The molecule has 134 valence electrons. The molecule has 5 nitrogen and oxygen atoms in total. The Morgan fingerprint density at radius 3 is 2.48 bits per heavy atom. The van der Waals surface area contributed by atoms with E-state index in [1.165, 1.54) is 6.07 Å². The van der Waals surface area contributed by atoms with Crippen LogP contribution in [0.15, 0.2) is 24.3 Å². The minimum atomic E-state index is -4.58. The Hall–Kier alpha value is -2.23. The van der Waals surface area contributed by atoms with Crippen molar-refractivity contribution >= 4 is 28.1 Å². The summed E-state index contributed by atoms with van der Waals surface area (Å²) in [6.45, 7) is 0.978. The van der Waals surface area contributed by atoms with Gasteiger partial charge in [0.05, 0.1) is 5.69 Å². The number of anilines is 2. The van der Waals surface area contributed by atoms with Gasteiger partial charge in [0.1, 0.15) is 5.82 Å². The van der Waals surface area contributed by atoms with Crippen LogP contribution < -0.4 is 10.2 Å². The first-order valence-corrected chi connectivity index (χ1v) is 8.37. The molecule has 1 aromatic carbocycles. The Bertz CT molecular complexity index is 756. The molecule has 2 heterocycles. The molecule has 1 fully saturated rings. The second-order valence-corrected chi connectivity index (χ2v) is 6.59. The van der Waals surface area contributed by atoms with Crippen molar-refractivity contribution in [2.45, 2.75) is 19.0 Å². The van der Waals surface area contributed by atoms with Crippen molar-refractivity contribution in [2.24, 2.45) is 5.92 Å². The van der Waals surface area contributed by atoms with Gasteiger partial charge in [-0.3, -0.25) is 4.79 Å². The number of halogens is 4. The lowest BCUT2D eigenvalue weighted by molar-refractivity contribution is -0.138. The second-order valence-electron chi connectivity index (χ2n) is 5.61. The Kier molecular flexibility index (Phi) is 4.89. The molecule has 10 heteroatoms. The Labute approximate surface area is 144 Å². The molecular formula is C15H14F4N4OS. The summed E-state index contributed by atoms with van der Waals surface area (Å²) in [6.07, 6.45) is -3.62. The maximum Gasteiger partial charge on any atom is 0.445 e. The van der Waals surface area contributed by atoms with Gasteiger partial charge < -0.3 is 10.2 Å². The smallest absolute Gasteiger partial charge is 0.369 e. The van der Waals surface area contributed by atoms with Crippen LogP contribution >= 0.6 is 11.3 Å². The summed E-state index contributed by atoms with van der Waals surface area (Å²) < 4.78 is 51.3. The van der Waals surface area contributed by atoms with Gasteiger partial charge in [-0.1, -0.05) is 23.5 Å². The van der Waals surface area contributed by atoms with E-state index in [-0.39, 0.29) is 16.9 Å². The van der Waals surface area contributed by atoms with Crippen molar-refractivity contribution in [3.05, 3.63) is 35.1 Å². The molecule has 1 amide bonds. The highest BCUT2D eigenvalue weighted by Gasteiger charge is 2.36. The van der Waals surface area contributed by atoms with Crippen LogP contribution in [0.1, 0.15) is 17.8 Å². The summed E-state index contributed by atoms with van der Waals surface area (Å²) in [7, 11) is 0. The first-order valence-electron chi connectivity index (χ1n) is 7.55. The average molecular weight is 374 g/mol. The van der Waals surface area contributed by atoms with Gasteiger partial charge >= 0.3 is 6.18 Å². The molecule has 3 rings (SSSR count). The highest BCUT2D eigenvalue weighted by molar-refractivity contribution is 7.15. The van der Waals surface area contributed by atoms with E-state index in [0.29, 0.717) is 43.0 Å². The van der Waals surface area contributed by atoms with E-state index in [0.717, 1.165) is 0 Å². The molecule has 0 saturated carbocycles. The molecule has 0 atom stereocenters. The molecule has 2 aromatic rings. The summed E-state index contributed by atoms with van der Waals surface area (Å²) in [5.41, 5.74) is 0.486. The number of carbonyl (C=O) groups is 1. The number of benzene rings is 1. The van der Waals surface area contributed by atoms with E-state index in [1.807, 2.05) is 4.90 Å². The average Bonchev–Trinajstić information content (AvgIpc) is 3.04. The van der Waals surface area contributed by atoms with Crippen LogP contribution in [-0.2, 0) is 11.0 Å². The van der Waals surface area contributed by atoms with E-state index in [1.54, 1.807) is 18.2 Å². The zero-order valence-electron chi connectivity index (χ0n) is 12.9. The first kappa shape index (κ1) is 17.6. The number of hydrogen-bond acceptors (Lipinski definition) is 5. The lowest BCUT2D eigenvalue weighted by atomic mass is 9.95. The van der Waals surface area contributed by atoms with E-state index in [2.05, 4.69) is 15.5 Å². The van der Waals surface area contributed by atoms with Crippen molar-refractivity contribution in [1.29, 1.82) is 0 Å². The summed E-state index contributed by atoms with van der Waals surface area (Å²) >= 11 is 0.292. The summed E-state index contributed by atoms with van der Waals surface area (Å²) in [4.78, 5) is 14.0. The SMILES string of the molecule is O=C(Nc1nnc(C(F)(F)F)s1)C1CCN(c2ccccc2F)CC1. The third-order valence-electron chi connectivity index (χ3n) is 3.96. The maximum absolute atomic E-state index is 13.8. The maximum atomic E-state index is 13.8. The standard InChI is InChI=1S/C15H14F4N4OS/c16-10-3-1-2-4-11(10)23-7-5-9(6-8-23)12(24)20-14-22-21-13(25-14)15(17,18)19/h1-4,9H,5-8H2,(H,20,22,24). The number of amides is 1. The van der Waals surface area contributed by atoms with E-state index >= 15 is 0 Å². The Balaban J connectivity index is 1.57. The highest BCUT2D eigenvalue weighted by atomic mass is 32.1. The van der Waals surface area contributed by atoms with Gasteiger partial charge in [-0.05, 0) is 25.0 Å². The number of carbonyl (C=O) groups excluding carboxylic acids is 1. The van der Waals surface area contributed by atoms with Crippen LogP contribution in [0, 0.1) is 11.7 Å². The molecule has 0 spiro atoms. The van der Waals surface area contributed by atoms with E-state index in [9.17, 15) is 22.4 Å². The summed E-state index contributed by atoms with van der Waals surface area (Å²) in [5, 5.41) is 7.49. The number of alkyl halides is 3. The number of rotatable bonds is 3. The number of piperidine rings is 1. The third kappa shape index (κ3) is 4.06. The fourth-order valence-corrected chi connectivity index (χ4v) is 3.30. The number of para-hydroxylation sites is 1. The molecule has 1 aliphatic rings. The third-order valence-corrected chi connectivity index (χ3v) is 4.84. The topological polar surface area (TPSA) is 58.1 Å². The highest BCUT2D eigenvalue weighted by Crippen LogP contribution is 2.33. The number of aromatic nitrogens is 2. The van der Waals surface area contributed by atoms with Crippen molar-refractivity contribution in [1.82, 2.24) is 10.2 Å². The van der Waals surface area contributed by atoms with Gasteiger partial charge in [0, 0.05) is 19.0 Å². The minimum absolute atomic E-state index is 0.172. The first-order chi connectivity index (χ1) is 11.8. The number of nitrogens with one attached hydrogen (secondary N) is 1. The fraction of sp³-hybridized carbons (Fsp3) is 0.400. The van der Waals surface area contributed by atoms with Gasteiger partial charge in [-0.2, -0.15) is 13.2 Å². The Morgan fingerprint density at radius 2 is 1.88 bits per heavy atom. The quantitative estimate of drug-likeness (QED) is 0.835. The zero-order chi connectivity index (χ0) is 18.0. The van der Waals surface area contributed by atoms with Crippen molar-refractivity contribution in [3.63, 3.8) is 0 Å². The lowest BCUT2D eigenvalue weighted by Crippen LogP contribution is -2.38. The van der Waals surface area contributed by atoms with Crippen LogP contribution in [0.5, 0.6) is 0 Å². The van der Waals surface area contributed by atoms with E-state index < -0.39 is 17.1 Å². The molecule has 1 aliphatic heterocycles. The summed E-state index contributed by atoms with van der Waals surface area (Å²) in [5.74, 6) is -1.07. The zero-order valence-corrected chi connectivity index (χ0v) is 13.7. The molecule has 1 N–H and O–H groups in total. The van der Waals surface area contributed by atoms with Crippen LogP contribution in [0.3, 0.4) is 0 Å². The molecule has 0 aliphatic carbocycles. The fourth-order valence-electron chi connectivity index (χ4n) is 2.69. The molecule has 0 radical (unpaired) electrons. The van der Waals surface area contributed by atoms with Crippen LogP contribution in [0.2, 0.25) is 0 Å². The normalized spacial score (nSPS) is 16.1. The van der Waals surface area contributed by atoms with Gasteiger partial charge in [-0.15, -0.1) is 10.2 Å². The van der Waals surface area contributed by atoms with Crippen LogP contribution in [-0.4, -0.2) is 29.2 Å². The van der Waals surface area contributed by atoms with Crippen molar-refractivity contribution in [2.75, 3.05) is 23.3 Å². The van der Waals surface area contributed by atoms with Crippen LogP contribution in [0.25, 0.3) is 0 Å². The largest absolute Gasteiger partial charge is 0.445 e. The van der Waals surface area contributed by atoms with Crippen molar-refractivity contribution < 1.29 is 22.4 Å². The second kappa shape index (κ2) is 6.95. The molecule has 0 unspecified atom stereocenters. The number of nitrogens with zero attached hydrogens (tertiary/aromatic N) is 3. The Morgan fingerprint density at radius 1 is 1.20 bits per heavy atom. The molecule has 0 bridgehead atoms. The lowest BCUT2D eigenvalue weighted by Gasteiger charge is -2.33. The van der Waals surface area contributed by atoms with Gasteiger partial charge in [0.25, 0.3) is 0 Å². The monoisotopic (exact) mass is 374 g/mol. The van der Waals surface area contributed by atoms with Gasteiger partial charge in [0.15, 0.2) is 0 Å². The molecule has 25 heavy (non-hydrogen) atoms. The summed E-state index contributed by atoms with van der Waals surface area (Å²) in [6, 6.07) is 6.40. The van der Waals surface area contributed by atoms with Gasteiger partial charge in [-0.25, -0.2) is 4.39 Å². The predicted molar refractivity (Wildman–Crippen MR) is 84.9 cm³/mol. The molecule has 1 aromatic heterocycles. The number of hydrogen-bond donors (Lipinski definition) is 1. The minimum Gasteiger partial charge on any atom is -0.369 e.